The van der Waals surface area contributed by atoms with Gasteiger partial charge in [0.15, 0.2) is 4.34 Å². The number of hydrogen-bond donors (Lipinski definition) is 1. The fourth-order valence-electron chi connectivity index (χ4n) is 2.30. The predicted molar refractivity (Wildman–Crippen MR) is 118 cm³/mol. The van der Waals surface area contributed by atoms with Crippen molar-refractivity contribution in [3.05, 3.63) is 58.6 Å². The second kappa shape index (κ2) is 9.90. The van der Waals surface area contributed by atoms with E-state index in [1.54, 1.807) is 12.0 Å². The number of benzene rings is 2. The zero-order chi connectivity index (χ0) is 19.9. The highest BCUT2D eigenvalue weighted by Gasteiger charge is 2.12. The van der Waals surface area contributed by atoms with Gasteiger partial charge in [-0.25, -0.2) is 0 Å². The van der Waals surface area contributed by atoms with Crippen molar-refractivity contribution in [2.45, 2.75) is 10.9 Å². The number of carbonyl (C=O) groups is 1. The average molecular weight is 479 g/mol. The lowest BCUT2D eigenvalue weighted by atomic mass is 10.2. The van der Waals surface area contributed by atoms with Crippen molar-refractivity contribution in [1.29, 1.82) is 0 Å². The number of thioether (sulfide) groups is 1. The van der Waals surface area contributed by atoms with Crippen LogP contribution in [0.3, 0.4) is 0 Å². The molecule has 6 nitrogen and oxygen atoms in total. The molecule has 0 atom stereocenters. The number of halogens is 1. The van der Waals surface area contributed by atoms with Crippen LogP contribution in [0.25, 0.3) is 0 Å². The van der Waals surface area contributed by atoms with E-state index >= 15 is 0 Å². The molecule has 0 aliphatic rings. The molecule has 1 heterocycles. The van der Waals surface area contributed by atoms with Crippen molar-refractivity contribution in [3.63, 3.8) is 0 Å². The highest BCUT2D eigenvalue weighted by atomic mass is 79.9. The fraction of sp³-hybridized carbons (Fsp3) is 0.211. The summed E-state index contributed by atoms with van der Waals surface area (Å²) in [7, 11) is 3.44. The van der Waals surface area contributed by atoms with E-state index in [0.29, 0.717) is 17.4 Å². The normalized spacial score (nSPS) is 10.5. The zero-order valence-electron chi connectivity index (χ0n) is 15.4. The molecule has 0 spiro atoms. The van der Waals surface area contributed by atoms with Gasteiger partial charge in [0.25, 0.3) is 0 Å². The lowest BCUT2D eigenvalue weighted by molar-refractivity contribution is -0.127. The standard InChI is InChI=1S/C19H19BrN4O2S2/c1-24(11-13-3-5-14(20)6-4-13)17(25)12-27-19-23-22-18(28-19)21-15-7-9-16(26-2)10-8-15/h3-10H,11-12H2,1-2H3,(H,21,22). The van der Waals surface area contributed by atoms with E-state index < -0.39 is 0 Å². The quantitative estimate of drug-likeness (QED) is 0.468. The third kappa shape index (κ3) is 5.95. The second-order valence-electron chi connectivity index (χ2n) is 5.89. The monoisotopic (exact) mass is 478 g/mol. The van der Waals surface area contributed by atoms with E-state index in [1.807, 2.05) is 55.6 Å². The first kappa shape index (κ1) is 20.6. The topological polar surface area (TPSA) is 67.3 Å². The SMILES string of the molecule is COc1ccc(Nc2nnc(SCC(=O)N(C)Cc3ccc(Br)cc3)s2)cc1. The van der Waals surface area contributed by atoms with Gasteiger partial charge in [-0.15, -0.1) is 10.2 Å². The van der Waals surface area contributed by atoms with Gasteiger partial charge in [0, 0.05) is 23.8 Å². The Morgan fingerprint density at radius 3 is 2.57 bits per heavy atom. The smallest absolute Gasteiger partial charge is 0.233 e. The Hall–Kier alpha value is -2.10. The summed E-state index contributed by atoms with van der Waals surface area (Å²) in [4.78, 5) is 14.1. The third-order valence-electron chi connectivity index (χ3n) is 3.83. The number of ether oxygens (including phenoxy) is 1. The summed E-state index contributed by atoms with van der Waals surface area (Å²) in [5.74, 6) is 1.17. The van der Waals surface area contributed by atoms with Crippen molar-refractivity contribution < 1.29 is 9.53 Å². The van der Waals surface area contributed by atoms with Gasteiger partial charge in [0.1, 0.15) is 5.75 Å². The molecule has 146 valence electrons. The first-order valence-electron chi connectivity index (χ1n) is 8.39. The van der Waals surface area contributed by atoms with Gasteiger partial charge in [0.05, 0.1) is 12.9 Å². The third-order valence-corrected chi connectivity index (χ3v) is 6.31. The van der Waals surface area contributed by atoms with Crippen LogP contribution in [0.15, 0.2) is 57.3 Å². The molecule has 0 radical (unpaired) electrons. The fourth-order valence-corrected chi connectivity index (χ4v) is 4.28. The number of hydrogen-bond acceptors (Lipinski definition) is 7. The van der Waals surface area contributed by atoms with E-state index in [4.69, 9.17) is 4.74 Å². The number of carbonyl (C=O) groups excluding carboxylic acids is 1. The molecule has 0 unspecified atom stereocenters. The van der Waals surface area contributed by atoms with Crippen LogP contribution < -0.4 is 10.1 Å². The minimum Gasteiger partial charge on any atom is -0.497 e. The summed E-state index contributed by atoms with van der Waals surface area (Å²) in [6.45, 7) is 0.576. The molecule has 0 bridgehead atoms. The Bertz CT molecular complexity index is 916. The molecule has 0 saturated heterocycles. The number of rotatable bonds is 8. The van der Waals surface area contributed by atoms with Crippen molar-refractivity contribution in [3.8, 4) is 5.75 Å². The summed E-state index contributed by atoms with van der Waals surface area (Å²) >= 11 is 6.23. The molecule has 1 N–H and O–H groups in total. The molecule has 3 rings (SSSR count). The maximum absolute atomic E-state index is 12.4. The minimum atomic E-state index is 0.0489. The maximum Gasteiger partial charge on any atom is 0.233 e. The van der Waals surface area contributed by atoms with Crippen LogP contribution in [0.4, 0.5) is 10.8 Å². The Balaban J connectivity index is 1.48. The molecule has 0 fully saturated rings. The number of methoxy groups -OCH3 is 1. The summed E-state index contributed by atoms with van der Waals surface area (Å²) in [6, 6.07) is 15.5. The van der Waals surface area contributed by atoms with Crippen LogP contribution in [-0.2, 0) is 11.3 Å². The van der Waals surface area contributed by atoms with E-state index in [-0.39, 0.29) is 5.91 Å². The molecule has 1 aromatic heterocycles. The number of nitrogens with zero attached hydrogens (tertiary/aromatic N) is 3. The van der Waals surface area contributed by atoms with Gasteiger partial charge in [-0.05, 0) is 42.0 Å². The molecule has 3 aromatic rings. The minimum absolute atomic E-state index is 0.0489. The van der Waals surface area contributed by atoms with Crippen molar-refractivity contribution in [1.82, 2.24) is 15.1 Å². The van der Waals surface area contributed by atoms with Gasteiger partial charge in [-0.3, -0.25) is 4.79 Å². The van der Waals surface area contributed by atoms with E-state index in [2.05, 4.69) is 31.4 Å². The summed E-state index contributed by atoms with van der Waals surface area (Å²) in [5.41, 5.74) is 1.99. The van der Waals surface area contributed by atoms with Crippen LogP contribution in [-0.4, -0.2) is 40.9 Å². The molecule has 0 saturated carbocycles. The van der Waals surface area contributed by atoms with E-state index in [9.17, 15) is 4.79 Å². The molecular formula is C19H19BrN4O2S2. The molecule has 2 aromatic carbocycles. The highest BCUT2D eigenvalue weighted by molar-refractivity contribution is 9.10. The van der Waals surface area contributed by atoms with Crippen LogP contribution in [0.1, 0.15) is 5.56 Å². The van der Waals surface area contributed by atoms with Gasteiger partial charge in [-0.1, -0.05) is 51.2 Å². The van der Waals surface area contributed by atoms with Crippen LogP contribution in [0, 0.1) is 0 Å². The molecule has 1 amide bonds. The summed E-state index contributed by atoms with van der Waals surface area (Å²) in [6.07, 6.45) is 0. The Morgan fingerprint density at radius 2 is 1.89 bits per heavy atom. The van der Waals surface area contributed by atoms with Gasteiger partial charge < -0.3 is 15.0 Å². The maximum atomic E-state index is 12.4. The van der Waals surface area contributed by atoms with Crippen LogP contribution >= 0.6 is 39.0 Å². The first-order chi connectivity index (χ1) is 13.5. The molecule has 0 aliphatic carbocycles. The highest BCUT2D eigenvalue weighted by Crippen LogP contribution is 2.28. The zero-order valence-corrected chi connectivity index (χ0v) is 18.6. The Labute approximate surface area is 180 Å². The van der Waals surface area contributed by atoms with Crippen LogP contribution in [0.5, 0.6) is 5.75 Å². The van der Waals surface area contributed by atoms with Gasteiger partial charge in [0.2, 0.25) is 11.0 Å². The molecule has 9 heteroatoms. The lowest BCUT2D eigenvalue weighted by Gasteiger charge is -2.16. The van der Waals surface area contributed by atoms with Gasteiger partial charge >= 0.3 is 0 Å². The second-order valence-corrected chi connectivity index (χ2v) is 9.01. The van der Waals surface area contributed by atoms with Crippen molar-refractivity contribution in [2.24, 2.45) is 0 Å². The summed E-state index contributed by atoms with van der Waals surface area (Å²) in [5, 5.41) is 12.2. The van der Waals surface area contributed by atoms with E-state index in [0.717, 1.165) is 25.8 Å². The number of nitrogens with one attached hydrogen (secondary N) is 1. The predicted octanol–water partition coefficient (Wildman–Crippen LogP) is 4.80. The molecule has 0 aliphatic heterocycles. The number of aromatic nitrogens is 2. The largest absolute Gasteiger partial charge is 0.497 e. The first-order valence-corrected chi connectivity index (χ1v) is 11.0. The Kier molecular flexibility index (Phi) is 7.30. The van der Waals surface area contributed by atoms with Crippen molar-refractivity contribution in [2.75, 3.05) is 25.2 Å². The van der Waals surface area contributed by atoms with Crippen molar-refractivity contribution >= 4 is 55.8 Å². The van der Waals surface area contributed by atoms with E-state index in [1.165, 1.54) is 23.1 Å². The number of amides is 1. The van der Waals surface area contributed by atoms with Gasteiger partial charge in [-0.2, -0.15) is 0 Å². The number of anilines is 2. The van der Waals surface area contributed by atoms with Crippen LogP contribution in [0.2, 0.25) is 0 Å². The molecule has 28 heavy (non-hydrogen) atoms. The summed E-state index contributed by atoms with van der Waals surface area (Å²) < 4.78 is 6.92. The Morgan fingerprint density at radius 1 is 1.18 bits per heavy atom. The lowest BCUT2D eigenvalue weighted by Crippen LogP contribution is -2.27. The average Bonchev–Trinajstić information content (AvgIpc) is 3.15. The molecular weight excluding hydrogens is 460 g/mol.